The third-order valence-electron chi connectivity index (χ3n) is 4.54. The number of nitro groups is 1. The fourth-order valence-corrected chi connectivity index (χ4v) is 5.52. The van der Waals surface area contributed by atoms with E-state index in [-0.39, 0.29) is 10.5 Å². The standard InChI is InChI=1S/C17H19NO8S/c1-10-12(18(21)22)9-27(23,24)15(10)13(11-7-5-4-6-8-11)14(16(19)25-2)17(20)26-3/h4-8,12-14H,9H2,1-3H3. The molecule has 2 rings (SSSR count). The number of ether oxygens (including phenoxy) is 2. The Bertz CT molecular complexity index is 875. The molecule has 0 saturated carbocycles. The average Bonchev–Trinajstić information content (AvgIpc) is 2.88. The second kappa shape index (κ2) is 7.87. The van der Waals surface area contributed by atoms with Gasteiger partial charge in [-0.2, -0.15) is 0 Å². The molecule has 0 radical (unpaired) electrons. The maximum absolute atomic E-state index is 12.8. The van der Waals surface area contributed by atoms with E-state index in [9.17, 15) is 28.1 Å². The van der Waals surface area contributed by atoms with Crippen LogP contribution in [0.2, 0.25) is 0 Å². The summed E-state index contributed by atoms with van der Waals surface area (Å²) in [7, 11) is -1.96. The average molecular weight is 397 g/mol. The largest absolute Gasteiger partial charge is 0.468 e. The fraction of sp³-hybridized carbons (Fsp3) is 0.412. The van der Waals surface area contributed by atoms with E-state index in [2.05, 4.69) is 9.47 Å². The quantitative estimate of drug-likeness (QED) is 0.302. The number of methoxy groups -OCH3 is 2. The summed E-state index contributed by atoms with van der Waals surface area (Å²) in [5, 5.41) is 11.3. The van der Waals surface area contributed by atoms with Crippen LogP contribution in [0, 0.1) is 16.0 Å². The smallest absolute Gasteiger partial charge is 0.321 e. The first kappa shape index (κ1) is 20.6. The summed E-state index contributed by atoms with van der Waals surface area (Å²) in [5.41, 5.74) is 0.326. The maximum Gasteiger partial charge on any atom is 0.321 e. The molecule has 0 fully saturated rings. The molecular formula is C17H19NO8S. The number of esters is 2. The van der Waals surface area contributed by atoms with E-state index in [1.807, 2.05) is 0 Å². The van der Waals surface area contributed by atoms with Crippen LogP contribution < -0.4 is 0 Å². The van der Waals surface area contributed by atoms with Crippen molar-refractivity contribution in [2.45, 2.75) is 18.9 Å². The van der Waals surface area contributed by atoms with Crippen molar-refractivity contribution in [3.63, 3.8) is 0 Å². The molecule has 1 aliphatic rings. The molecule has 10 heteroatoms. The van der Waals surface area contributed by atoms with E-state index >= 15 is 0 Å². The molecule has 0 aliphatic carbocycles. The number of benzene rings is 1. The van der Waals surface area contributed by atoms with Gasteiger partial charge < -0.3 is 9.47 Å². The van der Waals surface area contributed by atoms with Crippen LogP contribution in [0.15, 0.2) is 40.8 Å². The zero-order valence-electron chi connectivity index (χ0n) is 14.9. The van der Waals surface area contributed by atoms with Crippen molar-refractivity contribution in [2.75, 3.05) is 20.0 Å². The number of carbonyl (C=O) groups is 2. The van der Waals surface area contributed by atoms with Crippen molar-refractivity contribution in [2.24, 2.45) is 5.92 Å². The maximum atomic E-state index is 12.8. The number of carbonyl (C=O) groups excluding carboxylic acids is 2. The van der Waals surface area contributed by atoms with Gasteiger partial charge in [-0.25, -0.2) is 8.42 Å². The molecule has 1 aromatic rings. The number of hydrogen-bond acceptors (Lipinski definition) is 8. The molecule has 1 aliphatic heterocycles. The van der Waals surface area contributed by atoms with Crippen LogP contribution in [0.1, 0.15) is 18.4 Å². The lowest BCUT2D eigenvalue weighted by molar-refractivity contribution is -0.505. The summed E-state index contributed by atoms with van der Waals surface area (Å²) in [6.07, 6.45) is 0. The first-order valence-electron chi connectivity index (χ1n) is 7.93. The lowest BCUT2D eigenvalue weighted by Crippen LogP contribution is -2.34. The molecule has 0 amide bonds. The van der Waals surface area contributed by atoms with Gasteiger partial charge in [-0.1, -0.05) is 30.3 Å². The van der Waals surface area contributed by atoms with Crippen molar-refractivity contribution in [1.29, 1.82) is 0 Å². The Morgan fingerprint density at radius 1 is 1.15 bits per heavy atom. The van der Waals surface area contributed by atoms with Gasteiger partial charge in [-0.15, -0.1) is 0 Å². The van der Waals surface area contributed by atoms with Crippen molar-refractivity contribution in [3.8, 4) is 0 Å². The van der Waals surface area contributed by atoms with Crippen LogP contribution in [0.5, 0.6) is 0 Å². The Hall–Kier alpha value is -2.75. The van der Waals surface area contributed by atoms with Crippen LogP contribution in [-0.2, 0) is 28.9 Å². The third-order valence-corrected chi connectivity index (χ3v) is 6.54. The highest BCUT2D eigenvalue weighted by Crippen LogP contribution is 2.43. The van der Waals surface area contributed by atoms with Gasteiger partial charge in [0.1, 0.15) is 5.75 Å². The summed E-state index contributed by atoms with van der Waals surface area (Å²) in [4.78, 5) is 35.0. The zero-order chi connectivity index (χ0) is 20.4. The fourth-order valence-electron chi connectivity index (χ4n) is 3.27. The van der Waals surface area contributed by atoms with Crippen molar-refractivity contribution >= 4 is 21.8 Å². The Morgan fingerprint density at radius 2 is 1.67 bits per heavy atom. The normalized spacial score (nSPS) is 19.6. The molecule has 1 heterocycles. The van der Waals surface area contributed by atoms with Crippen LogP contribution in [0.4, 0.5) is 0 Å². The van der Waals surface area contributed by atoms with Gasteiger partial charge in [-0.05, 0) is 12.5 Å². The van der Waals surface area contributed by atoms with Crippen molar-refractivity contribution in [3.05, 3.63) is 56.5 Å². The molecule has 0 saturated heterocycles. The summed E-state index contributed by atoms with van der Waals surface area (Å²) in [5.74, 6) is -5.61. The second-order valence-corrected chi connectivity index (χ2v) is 8.04. The number of hydrogen-bond donors (Lipinski definition) is 0. The first-order chi connectivity index (χ1) is 12.7. The minimum absolute atomic E-state index is 0.00772. The predicted octanol–water partition coefficient (Wildman–Crippen LogP) is 1.08. The molecule has 9 nitrogen and oxygen atoms in total. The monoisotopic (exact) mass is 397 g/mol. The van der Waals surface area contributed by atoms with E-state index in [1.165, 1.54) is 6.92 Å². The number of allylic oxidation sites excluding steroid dienone is 1. The van der Waals surface area contributed by atoms with Crippen LogP contribution in [0.3, 0.4) is 0 Å². The Kier molecular flexibility index (Phi) is 5.99. The molecule has 0 aromatic heterocycles. The third kappa shape index (κ3) is 3.85. The van der Waals surface area contributed by atoms with Gasteiger partial charge in [0.25, 0.3) is 0 Å². The molecule has 0 bridgehead atoms. The molecule has 2 unspecified atom stereocenters. The lowest BCUT2D eigenvalue weighted by atomic mass is 9.83. The van der Waals surface area contributed by atoms with E-state index in [0.29, 0.717) is 5.56 Å². The van der Waals surface area contributed by atoms with Gasteiger partial charge in [0, 0.05) is 16.4 Å². The van der Waals surface area contributed by atoms with Crippen LogP contribution >= 0.6 is 0 Å². The molecule has 1 aromatic carbocycles. The van der Waals surface area contributed by atoms with Gasteiger partial charge >= 0.3 is 11.9 Å². The number of nitrogens with zero attached hydrogens (tertiary/aromatic N) is 1. The van der Waals surface area contributed by atoms with Gasteiger partial charge in [-0.3, -0.25) is 19.7 Å². The first-order valence-corrected chi connectivity index (χ1v) is 9.58. The van der Waals surface area contributed by atoms with E-state index in [0.717, 1.165) is 14.2 Å². The zero-order valence-corrected chi connectivity index (χ0v) is 15.8. The minimum Gasteiger partial charge on any atom is -0.468 e. The highest BCUT2D eigenvalue weighted by molar-refractivity contribution is 7.95. The lowest BCUT2D eigenvalue weighted by Gasteiger charge is -2.25. The van der Waals surface area contributed by atoms with Gasteiger partial charge in [0.05, 0.1) is 19.1 Å². The topological polar surface area (TPSA) is 130 Å². The Morgan fingerprint density at radius 3 is 2.07 bits per heavy atom. The number of sulfone groups is 1. The van der Waals surface area contributed by atoms with Crippen molar-refractivity contribution in [1.82, 2.24) is 0 Å². The van der Waals surface area contributed by atoms with E-state index in [1.54, 1.807) is 30.3 Å². The summed E-state index contributed by atoms with van der Waals surface area (Å²) < 4.78 is 34.9. The van der Waals surface area contributed by atoms with Gasteiger partial charge in [0.15, 0.2) is 15.8 Å². The Balaban J connectivity index is 2.79. The SMILES string of the molecule is COC(=O)C(C(=O)OC)C(C1=C(C)C([N+](=O)[O-])CS1(=O)=O)c1ccccc1. The van der Waals surface area contributed by atoms with E-state index in [4.69, 9.17) is 0 Å². The minimum atomic E-state index is -4.08. The van der Waals surface area contributed by atoms with E-state index < -0.39 is 50.3 Å². The predicted molar refractivity (Wildman–Crippen MR) is 94.0 cm³/mol. The summed E-state index contributed by atoms with van der Waals surface area (Å²) in [6, 6.07) is 6.53. The second-order valence-electron chi connectivity index (χ2n) is 6.04. The molecule has 27 heavy (non-hydrogen) atoms. The van der Waals surface area contributed by atoms with Crippen molar-refractivity contribution < 1.29 is 32.4 Å². The van der Waals surface area contributed by atoms with Gasteiger partial charge in [0.2, 0.25) is 6.04 Å². The summed E-state index contributed by atoms with van der Waals surface area (Å²) >= 11 is 0. The molecule has 0 spiro atoms. The molecule has 146 valence electrons. The highest BCUT2D eigenvalue weighted by Gasteiger charge is 2.51. The summed E-state index contributed by atoms with van der Waals surface area (Å²) in [6.45, 7) is 1.33. The molecule has 0 N–H and O–H groups in total. The van der Waals surface area contributed by atoms with Crippen LogP contribution in [-0.4, -0.2) is 51.3 Å². The molecule has 2 atom stereocenters. The molecular weight excluding hydrogens is 378 g/mol. The number of rotatable bonds is 6. The highest BCUT2D eigenvalue weighted by atomic mass is 32.2. The Labute approximate surface area is 156 Å². The van der Waals surface area contributed by atoms with Crippen LogP contribution in [0.25, 0.3) is 0 Å².